The number of hydrogen-bond donors (Lipinski definition) is 0. The number of halogens is 1. The predicted molar refractivity (Wildman–Crippen MR) is 123 cm³/mol. The number of aromatic nitrogens is 2. The largest absolute Gasteiger partial charge is 0.337 e. The zero-order valence-corrected chi connectivity index (χ0v) is 17.8. The van der Waals surface area contributed by atoms with Crippen molar-refractivity contribution in [1.29, 1.82) is 0 Å². The van der Waals surface area contributed by atoms with Crippen molar-refractivity contribution in [2.75, 3.05) is 13.1 Å². The summed E-state index contributed by atoms with van der Waals surface area (Å²) in [5.41, 5.74) is 3.80. The van der Waals surface area contributed by atoms with E-state index in [9.17, 15) is 9.59 Å². The highest BCUT2D eigenvalue weighted by molar-refractivity contribution is 6.30. The number of fused-ring (bicyclic) bond motifs is 1. The van der Waals surface area contributed by atoms with Gasteiger partial charge in [0.2, 0.25) is 0 Å². The molecule has 1 fully saturated rings. The molecule has 6 heteroatoms. The molecule has 1 aliphatic rings. The first-order valence-corrected chi connectivity index (χ1v) is 10.8. The minimum atomic E-state index is -0.126. The van der Waals surface area contributed by atoms with Gasteiger partial charge in [-0.25, -0.2) is 0 Å². The summed E-state index contributed by atoms with van der Waals surface area (Å²) in [4.78, 5) is 28.1. The van der Waals surface area contributed by atoms with E-state index < -0.39 is 0 Å². The molecule has 1 aliphatic heterocycles. The molecular weight excluding hydrogens is 410 g/mol. The van der Waals surface area contributed by atoms with Gasteiger partial charge >= 0.3 is 0 Å². The third-order valence-electron chi connectivity index (χ3n) is 5.82. The Labute approximate surface area is 185 Å². The molecule has 1 amide bonds. The molecule has 2 aromatic heterocycles. The molecule has 5 nitrogen and oxygen atoms in total. The zero-order valence-electron chi connectivity index (χ0n) is 17.0. The summed E-state index contributed by atoms with van der Waals surface area (Å²) in [5.74, 6) is 0.00258. The van der Waals surface area contributed by atoms with Crippen molar-refractivity contribution >= 4 is 28.5 Å². The number of rotatable bonds is 4. The zero-order chi connectivity index (χ0) is 21.4. The second-order valence-corrected chi connectivity index (χ2v) is 8.29. The van der Waals surface area contributed by atoms with Crippen molar-refractivity contribution in [3.05, 3.63) is 99.4 Å². The molecule has 0 unspecified atom stereocenters. The molecule has 4 aromatic rings. The highest BCUT2D eigenvalue weighted by Crippen LogP contribution is 2.25. The van der Waals surface area contributed by atoms with E-state index in [1.54, 1.807) is 10.6 Å². The Morgan fingerprint density at radius 2 is 1.65 bits per heavy atom. The van der Waals surface area contributed by atoms with Crippen molar-refractivity contribution in [2.24, 2.45) is 0 Å². The van der Waals surface area contributed by atoms with Crippen LogP contribution in [0.25, 0.3) is 16.7 Å². The SMILES string of the molecule is O=C(c1cc2c(ccc(=O)n2-c2ccccc2)n1Cc1cccc(Cl)c1)N1CCCC1. The molecule has 0 N–H and O–H groups in total. The van der Waals surface area contributed by atoms with Gasteiger partial charge in [-0.15, -0.1) is 0 Å². The average Bonchev–Trinajstić information content (AvgIpc) is 3.43. The Bertz CT molecular complexity index is 1320. The average molecular weight is 432 g/mol. The first-order valence-electron chi connectivity index (χ1n) is 10.5. The third kappa shape index (κ3) is 3.66. The molecular formula is C25H22ClN3O2. The molecule has 5 rings (SSSR count). The van der Waals surface area contributed by atoms with E-state index in [1.165, 1.54) is 0 Å². The van der Waals surface area contributed by atoms with E-state index in [0.717, 1.165) is 48.2 Å². The van der Waals surface area contributed by atoms with E-state index in [4.69, 9.17) is 11.6 Å². The molecule has 0 saturated carbocycles. The number of hydrogen-bond acceptors (Lipinski definition) is 2. The van der Waals surface area contributed by atoms with Gasteiger partial charge in [-0.2, -0.15) is 0 Å². The Morgan fingerprint density at radius 1 is 0.871 bits per heavy atom. The summed E-state index contributed by atoms with van der Waals surface area (Å²) in [6, 6.07) is 22.4. The molecule has 0 atom stereocenters. The molecule has 0 radical (unpaired) electrons. The number of carbonyl (C=O) groups is 1. The van der Waals surface area contributed by atoms with Crippen LogP contribution in [-0.2, 0) is 6.54 Å². The molecule has 2 aromatic carbocycles. The fourth-order valence-corrected chi connectivity index (χ4v) is 4.55. The lowest BCUT2D eigenvalue weighted by molar-refractivity contribution is 0.0783. The van der Waals surface area contributed by atoms with Crippen LogP contribution in [-0.4, -0.2) is 33.0 Å². The fourth-order valence-electron chi connectivity index (χ4n) is 4.34. The summed E-state index contributed by atoms with van der Waals surface area (Å²) in [6.07, 6.45) is 2.05. The van der Waals surface area contributed by atoms with Crippen molar-refractivity contribution in [3.63, 3.8) is 0 Å². The van der Waals surface area contributed by atoms with Gasteiger partial charge in [0.15, 0.2) is 0 Å². The molecule has 31 heavy (non-hydrogen) atoms. The van der Waals surface area contributed by atoms with E-state index in [1.807, 2.05) is 76.2 Å². The second kappa shape index (κ2) is 8.08. The van der Waals surface area contributed by atoms with Crippen LogP contribution < -0.4 is 5.56 Å². The first kappa shape index (κ1) is 19.6. The topological polar surface area (TPSA) is 47.2 Å². The molecule has 3 heterocycles. The molecule has 0 aliphatic carbocycles. The number of amides is 1. The highest BCUT2D eigenvalue weighted by Gasteiger charge is 2.25. The molecule has 1 saturated heterocycles. The maximum atomic E-state index is 13.4. The Balaban J connectivity index is 1.73. The maximum Gasteiger partial charge on any atom is 0.270 e. The van der Waals surface area contributed by atoms with Crippen LogP contribution in [0.4, 0.5) is 0 Å². The summed E-state index contributed by atoms with van der Waals surface area (Å²) >= 11 is 6.21. The van der Waals surface area contributed by atoms with Crippen LogP contribution in [0.2, 0.25) is 5.02 Å². The van der Waals surface area contributed by atoms with E-state index in [2.05, 4.69) is 0 Å². The smallest absolute Gasteiger partial charge is 0.270 e. The number of nitrogens with zero attached hydrogens (tertiary/aromatic N) is 3. The van der Waals surface area contributed by atoms with Crippen molar-refractivity contribution < 1.29 is 4.79 Å². The lowest BCUT2D eigenvalue weighted by atomic mass is 10.2. The van der Waals surface area contributed by atoms with E-state index in [0.29, 0.717) is 17.3 Å². The van der Waals surface area contributed by atoms with Gasteiger partial charge in [0.1, 0.15) is 5.69 Å². The predicted octanol–water partition coefficient (Wildman–Crippen LogP) is 4.73. The standard InChI is InChI=1S/C25H22ClN3O2/c26-19-8-6-7-18(15-19)17-28-21-11-12-24(30)29(20-9-2-1-3-10-20)22(21)16-23(28)25(31)27-13-4-5-14-27/h1-3,6-12,15-16H,4-5,13-14,17H2. The summed E-state index contributed by atoms with van der Waals surface area (Å²) < 4.78 is 3.67. The van der Waals surface area contributed by atoms with Crippen LogP contribution in [0.3, 0.4) is 0 Å². The number of carbonyl (C=O) groups excluding carboxylic acids is 1. The molecule has 156 valence electrons. The van der Waals surface area contributed by atoms with Crippen molar-refractivity contribution in [2.45, 2.75) is 19.4 Å². The van der Waals surface area contributed by atoms with Gasteiger partial charge in [-0.1, -0.05) is 41.9 Å². The molecule has 0 bridgehead atoms. The number of para-hydroxylation sites is 1. The normalized spacial score (nSPS) is 13.8. The van der Waals surface area contributed by atoms with Gasteiger partial charge in [0.05, 0.1) is 11.0 Å². The van der Waals surface area contributed by atoms with E-state index >= 15 is 0 Å². The van der Waals surface area contributed by atoms with Crippen molar-refractivity contribution in [3.8, 4) is 5.69 Å². The van der Waals surface area contributed by atoms with Crippen LogP contribution in [0.5, 0.6) is 0 Å². The van der Waals surface area contributed by atoms with Gasteiger partial charge in [0, 0.05) is 36.4 Å². The highest BCUT2D eigenvalue weighted by atomic mass is 35.5. The van der Waals surface area contributed by atoms with Gasteiger partial charge in [-0.3, -0.25) is 14.2 Å². The minimum Gasteiger partial charge on any atom is -0.337 e. The van der Waals surface area contributed by atoms with Crippen molar-refractivity contribution in [1.82, 2.24) is 14.0 Å². The number of likely N-dealkylation sites (tertiary alicyclic amines) is 1. The summed E-state index contributed by atoms with van der Waals surface area (Å²) in [6.45, 7) is 2.03. The lowest BCUT2D eigenvalue weighted by Crippen LogP contribution is -2.29. The van der Waals surface area contributed by atoms with Crippen LogP contribution in [0.1, 0.15) is 28.9 Å². The van der Waals surface area contributed by atoms with E-state index in [-0.39, 0.29) is 11.5 Å². The lowest BCUT2D eigenvalue weighted by Gasteiger charge is -2.17. The fraction of sp³-hybridized carbons (Fsp3) is 0.200. The quantitative estimate of drug-likeness (QED) is 0.469. The second-order valence-electron chi connectivity index (χ2n) is 7.86. The third-order valence-corrected chi connectivity index (χ3v) is 6.05. The molecule has 0 spiro atoms. The van der Waals surface area contributed by atoms with Crippen LogP contribution >= 0.6 is 11.6 Å². The first-order chi connectivity index (χ1) is 15.1. The Hall–Kier alpha value is -3.31. The number of benzene rings is 2. The van der Waals surface area contributed by atoms with Gasteiger partial charge in [-0.05, 0) is 54.8 Å². The van der Waals surface area contributed by atoms with Crippen LogP contribution in [0.15, 0.2) is 77.6 Å². The Morgan fingerprint density at radius 3 is 2.39 bits per heavy atom. The summed E-state index contributed by atoms with van der Waals surface area (Å²) in [5, 5.41) is 0.655. The van der Waals surface area contributed by atoms with Crippen LogP contribution in [0, 0.1) is 0 Å². The monoisotopic (exact) mass is 431 g/mol. The summed E-state index contributed by atoms with van der Waals surface area (Å²) in [7, 11) is 0. The Kier molecular flexibility index (Phi) is 5.12. The van der Waals surface area contributed by atoms with Gasteiger partial charge < -0.3 is 9.47 Å². The minimum absolute atomic E-state index is 0.00258. The van der Waals surface area contributed by atoms with Gasteiger partial charge in [0.25, 0.3) is 11.5 Å². The maximum absolute atomic E-state index is 13.4. The number of pyridine rings is 1.